The second-order valence-corrected chi connectivity index (χ2v) is 4.87. The van der Waals surface area contributed by atoms with E-state index in [1.807, 2.05) is 31.2 Å². The summed E-state index contributed by atoms with van der Waals surface area (Å²) in [6.07, 6.45) is 1.63. The normalized spacial score (nSPS) is 11.9. The third kappa shape index (κ3) is 4.77. The highest BCUT2D eigenvalue weighted by Crippen LogP contribution is 2.11. The molecule has 0 spiro atoms. The molecule has 0 aromatic heterocycles. The Morgan fingerprint density at radius 1 is 1.41 bits per heavy atom. The summed E-state index contributed by atoms with van der Waals surface area (Å²) in [6, 6.07) is 7.87. The van der Waals surface area contributed by atoms with Gasteiger partial charge in [-0.1, -0.05) is 35.0 Å². The van der Waals surface area contributed by atoms with Crippen LogP contribution in [0.3, 0.4) is 0 Å². The summed E-state index contributed by atoms with van der Waals surface area (Å²) in [7, 11) is 1.65. The number of amides is 1. The zero-order valence-electron chi connectivity index (χ0n) is 10.2. The van der Waals surface area contributed by atoms with E-state index >= 15 is 0 Å². The number of hydrogen-bond donors (Lipinski definition) is 1. The van der Waals surface area contributed by atoms with Gasteiger partial charge in [0.2, 0.25) is 5.91 Å². The third-order valence-corrected chi connectivity index (χ3v) is 3.58. The van der Waals surface area contributed by atoms with Crippen LogP contribution in [0.5, 0.6) is 5.75 Å². The Balaban J connectivity index is 2.33. The molecule has 0 fully saturated rings. The number of carbonyl (C=O) groups is 1. The van der Waals surface area contributed by atoms with Crippen molar-refractivity contribution in [1.82, 2.24) is 5.32 Å². The Kier molecular flexibility index (Phi) is 6.05. The first-order valence-electron chi connectivity index (χ1n) is 5.72. The van der Waals surface area contributed by atoms with Gasteiger partial charge in [0.25, 0.3) is 0 Å². The molecule has 0 aliphatic heterocycles. The van der Waals surface area contributed by atoms with Crippen LogP contribution in [0.25, 0.3) is 0 Å². The number of nitrogens with one attached hydrogen (secondary N) is 1. The van der Waals surface area contributed by atoms with Crippen LogP contribution in [0, 0.1) is 0 Å². The Morgan fingerprint density at radius 2 is 2.06 bits per heavy atom. The van der Waals surface area contributed by atoms with Gasteiger partial charge < -0.3 is 10.1 Å². The lowest BCUT2D eigenvalue weighted by Gasteiger charge is -2.08. The van der Waals surface area contributed by atoms with Crippen LogP contribution in [0.15, 0.2) is 24.3 Å². The molecule has 1 unspecified atom stereocenters. The molecule has 0 heterocycles. The van der Waals surface area contributed by atoms with Gasteiger partial charge in [-0.3, -0.25) is 4.79 Å². The quantitative estimate of drug-likeness (QED) is 0.820. The molecule has 1 rings (SSSR count). The van der Waals surface area contributed by atoms with Gasteiger partial charge in [-0.05, 0) is 30.5 Å². The van der Waals surface area contributed by atoms with Crippen molar-refractivity contribution in [3.05, 3.63) is 29.8 Å². The van der Waals surface area contributed by atoms with Crippen molar-refractivity contribution >= 4 is 21.8 Å². The molecule has 1 atom stereocenters. The minimum atomic E-state index is -0.0848. The highest BCUT2D eigenvalue weighted by atomic mass is 79.9. The average molecular weight is 300 g/mol. The van der Waals surface area contributed by atoms with Gasteiger partial charge in [0.15, 0.2) is 0 Å². The number of methoxy groups -OCH3 is 1. The first kappa shape index (κ1) is 14.0. The summed E-state index contributed by atoms with van der Waals surface area (Å²) in [5, 5.41) is 2.89. The monoisotopic (exact) mass is 299 g/mol. The number of benzene rings is 1. The van der Waals surface area contributed by atoms with Crippen molar-refractivity contribution < 1.29 is 9.53 Å². The van der Waals surface area contributed by atoms with Crippen LogP contribution in [0.2, 0.25) is 0 Å². The van der Waals surface area contributed by atoms with Crippen LogP contribution in [-0.2, 0) is 11.2 Å². The lowest BCUT2D eigenvalue weighted by atomic mass is 10.1. The Labute approximate surface area is 111 Å². The van der Waals surface area contributed by atoms with Crippen molar-refractivity contribution in [2.24, 2.45) is 0 Å². The lowest BCUT2D eigenvalue weighted by molar-refractivity contribution is -0.120. The van der Waals surface area contributed by atoms with Gasteiger partial charge in [-0.2, -0.15) is 0 Å². The minimum absolute atomic E-state index is 0.0565. The van der Waals surface area contributed by atoms with Gasteiger partial charge >= 0.3 is 0 Å². The summed E-state index contributed by atoms with van der Waals surface area (Å²) < 4.78 is 5.08. The molecular formula is C13H18BrNO2. The Bertz CT molecular complexity index is 351. The number of halogens is 1. The topological polar surface area (TPSA) is 38.3 Å². The third-order valence-electron chi connectivity index (χ3n) is 2.51. The summed E-state index contributed by atoms with van der Waals surface area (Å²) in [4.78, 5) is 11.4. The number of carbonyl (C=O) groups excluding carboxylic acids is 1. The average Bonchev–Trinajstić information content (AvgIpc) is 2.38. The second kappa shape index (κ2) is 7.33. The highest BCUT2D eigenvalue weighted by molar-refractivity contribution is 9.10. The van der Waals surface area contributed by atoms with E-state index in [-0.39, 0.29) is 10.7 Å². The van der Waals surface area contributed by atoms with Crippen LogP contribution >= 0.6 is 15.9 Å². The molecule has 0 radical (unpaired) electrons. The largest absolute Gasteiger partial charge is 0.497 e. The molecule has 0 aliphatic rings. The van der Waals surface area contributed by atoms with E-state index in [1.165, 1.54) is 5.56 Å². The van der Waals surface area contributed by atoms with Crippen LogP contribution in [-0.4, -0.2) is 24.4 Å². The van der Waals surface area contributed by atoms with Crippen molar-refractivity contribution in [3.63, 3.8) is 0 Å². The van der Waals surface area contributed by atoms with E-state index in [1.54, 1.807) is 7.11 Å². The van der Waals surface area contributed by atoms with Crippen molar-refractivity contribution in [1.29, 1.82) is 0 Å². The lowest BCUT2D eigenvalue weighted by Crippen LogP contribution is -2.32. The molecule has 1 amide bonds. The predicted molar refractivity (Wildman–Crippen MR) is 72.7 cm³/mol. The van der Waals surface area contributed by atoms with Gasteiger partial charge in [0.05, 0.1) is 11.9 Å². The van der Waals surface area contributed by atoms with Gasteiger partial charge in [-0.25, -0.2) is 0 Å². The summed E-state index contributed by atoms with van der Waals surface area (Å²) in [5.41, 5.74) is 1.19. The summed E-state index contributed by atoms with van der Waals surface area (Å²) >= 11 is 3.32. The van der Waals surface area contributed by atoms with Crippen LogP contribution in [0.4, 0.5) is 0 Å². The molecule has 1 aromatic rings. The van der Waals surface area contributed by atoms with Crippen molar-refractivity contribution in [3.8, 4) is 5.75 Å². The van der Waals surface area contributed by atoms with Crippen molar-refractivity contribution in [2.45, 2.75) is 24.6 Å². The zero-order valence-corrected chi connectivity index (χ0v) is 11.8. The molecule has 1 N–H and O–H groups in total. The number of ether oxygens (including phenoxy) is 1. The number of rotatable bonds is 6. The fourth-order valence-corrected chi connectivity index (χ4v) is 1.58. The summed E-state index contributed by atoms with van der Waals surface area (Å²) in [5.74, 6) is 0.908. The number of hydrogen-bond acceptors (Lipinski definition) is 2. The summed E-state index contributed by atoms with van der Waals surface area (Å²) in [6.45, 7) is 2.63. The maximum Gasteiger partial charge on any atom is 0.233 e. The van der Waals surface area contributed by atoms with E-state index in [4.69, 9.17) is 4.74 Å². The fraction of sp³-hybridized carbons (Fsp3) is 0.462. The molecule has 0 bridgehead atoms. The SMILES string of the molecule is CCC(Br)C(=O)NCCc1ccc(OC)cc1. The Hall–Kier alpha value is -1.03. The maximum absolute atomic E-state index is 11.5. The second-order valence-electron chi connectivity index (χ2n) is 3.76. The molecule has 94 valence electrons. The first-order valence-corrected chi connectivity index (χ1v) is 6.63. The van der Waals surface area contributed by atoms with E-state index in [0.29, 0.717) is 6.54 Å². The first-order chi connectivity index (χ1) is 8.17. The molecular weight excluding hydrogens is 282 g/mol. The van der Waals surface area contributed by atoms with Crippen LogP contribution in [0.1, 0.15) is 18.9 Å². The Morgan fingerprint density at radius 3 is 2.59 bits per heavy atom. The molecule has 0 aliphatic carbocycles. The molecule has 4 heteroatoms. The molecule has 17 heavy (non-hydrogen) atoms. The van der Waals surface area contributed by atoms with Crippen LogP contribution < -0.4 is 10.1 Å². The molecule has 0 saturated heterocycles. The number of alkyl halides is 1. The zero-order chi connectivity index (χ0) is 12.7. The van der Waals surface area contributed by atoms with Crippen molar-refractivity contribution in [2.75, 3.05) is 13.7 Å². The molecule has 0 saturated carbocycles. The molecule has 1 aromatic carbocycles. The van der Waals surface area contributed by atoms with Gasteiger partial charge in [0, 0.05) is 6.54 Å². The minimum Gasteiger partial charge on any atom is -0.497 e. The van der Waals surface area contributed by atoms with E-state index in [9.17, 15) is 4.79 Å². The smallest absolute Gasteiger partial charge is 0.233 e. The molecule has 3 nitrogen and oxygen atoms in total. The predicted octanol–water partition coefficient (Wildman–Crippen LogP) is 2.53. The van der Waals surface area contributed by atoms with Gasteiger partial charge in [-0.15, -0.1) is 0 Å². The maximum atomic E-state index is 11.5. The van der Waals surface area contributed by atoms with E-state index in [2.05, 4.69) is 21.2 Å². The van der Waals surface area contributed by atoms with Gasteiger partial charge in [0.1, 0.15) is 5.75 Å². The standard InChI is InChI=1S/C13H18BrNO2/c1-3-12(14)13(16)15-9-8-10-4-6-11(17-2)7-5-10/h4-7,12H,3,8-9H2,1-2H3,(H,15,16). The fourth-order valence-electron chi connectivity index (χ4n) is 1.42. The van der Waals surface area contributed by atoms with E-state index < -0.39 is 0 Å². The van der Waals surface area contributed by atoms with E-state index in [0.717, 1.165) is 18.6 Å². The highest BCUT2D eigenvalue weighted by Gasteiger charge is 2.10.